The van der Waals surface area contributed by atoms with Crippen molar-refractivity contribution >= 4 is 17.9 Å². The maximum absolute atomic E-state index is 12.7. The van der Waals surface area contributed by atoms with Crippen molar-refractivity contribution in [2.24, 2.45) is 0 Å². The normalized spacial score (nSPS) is 13.7. The van der Waals surface area contributed by atoms with Crippen LogP contribution in [0.1, 0.15) is 162 Å². The van der Waals surface area contributed by atoms with E-state index in [-0.39, 0.29) is 42.7 Å². The van der Waals surface area contributed by atoms with E-state index in [0.29, 0.717) is 19.3 Å². The predicted octanol–water partition coefficient (Wildman–Crippen LogP) is 10.6. The number of allylic oxidation sites excluding steroid dienone is 12. The van der Waals surface area contributed by atoms with Crippen LogP contribution in [0.4, 0.5) is 0 Å². The molecule has 0 saturated heterocycles. The van der Waals surface area contributed by atoms with Gasteiger partial charge in [-0.2, -0.15) is 0 Å². The largest absolute Gasteiger partial charge is 0.544 e. The number of rotatable bonds is 38. The zero-order chi connectivity index (χ0) is 41.4. The summed E-state index contributed by atoms with van der Waals surface area (Å²) in [7, 11) is 5.38. The maximum Gasteiger partial charge on any atom is 0.306 e. The second-order valence-electron chi connectivity index (χ2n) is 15.6. The Bertz CT molecular complexity index is 1140. The number of esters is 2. The maximum atomic E-state index is 12.7. The van der Waals surface area contributed by atoms with Gasteiger partial charge in [-0.3, -0.25) is 9.59 Å². The van der Waals surface area contributed by atoms with Crippen molar-refractivity contribution in [1.82, 2.24) is 0 Å². The first-order valence-electron chi connectivity index (χ1n) is 22.0. The van der Waals surface area contributed by atoms with Crippen molar-refractivity contribution in [2.45, 2.75) is 174 Å². The highest BCUT2D eigenvalue weighted by Crippen LogP contribution is 2.13. The summed E-state index contributed by atoms with van der Waals surface area (Å²) in [6.07, 6.45) is 47.9. The molecule has 0 rings (SSSR count). The van der Waals surface area contributed by atoms with E-state index in [0.717, 1.165) is 70.6 Å². The molecule has 56 heavy (non-hydrogen) atoms. The molecule has 320 valence electrons. The molecule has 2 atom stereocenters. The van der Waals surface area contributed by atoms with Gasteiger partial charge >= 0.3 is 11.9 Å². The van der Waals surface area contributed by atoms with Crippen molar-refractivity contribution < 1.29 is 38.2 Å². The number of carboxylic acids is 1. The van der Waals surface area contributed by atoms with Crippen molar-refractivity contribution in [3.8, 4) is 0 Å². The highest BCUT2D eigenvalue weighted by Gasteiger charge is 2.25. The minimum absolute atomic E-state index is 0.0247. The highest BCUT2D eigenvalue weighted by molar-refractivity contribution is 5.70. The van der Waals surface area contributed by atoms with Gasteiger partial charge in [0.25, 0.3) is 0 Å². The van der Waals surface area contributed by atoms with Gasteiger partial charge in [0.1, 0.15) is 12.6 Å². The average Bonchev–Trinajstić information content (AvgIpc) is 3.15. The Morgan fingerprint density at radius 1 is 0.554 bits per heavy atom. The van der Waals surface area contributed by atoms with E-state index in [1.807, 2.05) is 0 Å². The molecule has 0 aromatic heterocycles. The van der Waals surface area contributed by atoms with Crippen LogP contribution in [0.15, 0.2) is 72.9 Å². The minimum Gasteiger partial charge on any atom is -0.544 e. The second kappa shape index (κ2) is 38.6. The van der Waals surface area contributed by atoms with Gasteiger partial charge in [-0.1, -0.05) is 151 Å². The predicted molar refractivity (Wildman–Crippen MR) is 231 cm³/mol. The summed E-state index contributed by atoms with van der Waals surface area (Å²) in [5.41, 5.74) is 0. The Balaban J connectivity index is 4.40. The summed E-state index contributed by atoms with van der Waals surface area (Å²) in [5, 5.41) is 11.6. The number of aliphatic carboxylic acids is 1. The first kappa shape index (κ1) is 52.8. The molecule has 0 aliphatic heterocycles. The van der Waals surface area contributed by atoms with E-state index in [2.05, 4.69) is 86.8 Å². The number of quaternary nitrogens is 1. The van der Waals surface area contributed by atoms with E-state index >= 15 is 0 Å². The Kier molecular flexibility index (Phi) is 36.4. The summed E-state index contributed by atoms with van der Waals surface area (Å²) in [4.78, 5) is 36.8. The fraction of sp³-hybridized carbons (Fsp3) is 0.688. The summed E-state index contributed by atoms with van der Waals surface area (Å²) in [6.45, 7) is 4.48. The van der Waals surface area contributed by atoms with Crippen LogP contribution >= 0.6 is 0 Å². The highest BCUT2D eigenvalue weighted by atomic mass is 16.6. The molecule has 8 nitrogen and oxygen atoms in total. The Morgan fingerprint density at radius 3 is 1.48 bits per heavy atom. The Morgan fingerprint density at radius 2 is 1.00 bits per heavy atom. The van der Waals surface area contributed by atoms with E-state index in [1.165, 1.54) is 51.4 Å². The first-order valence-corrected chi connectivity index (χ1v) is 22.0. The zero-order valence-corrected chi connectivity index (χ0v) is 36.3. The number of hydrogen-bond acceptors (Lipinski definition) is 7. The molecule has 0 saturated carbocycles. The summed E-state index contributed by atoms with van der Waals surface area (Å²) in [6, 6.07) is -0.734. The molecule has 0 radical (unpaired) electrons. The Hall–Kier alpha value is -3.23. The molecule has 0 aromatic carbocycles. The number of nitrogens with zero attached hydrogens (tertiary/aromatic N) is 1. The molecule has 2 unspecified atom stereocenters. The quantitative estimate of drug-likeness (QED) is 0.0266. The van der Waals surface area contributed by atoms with E-state index in [4.69, 9.17) is 14.2 Å². The van der Waals surface area contributed by atoms with Gasteiger partial charge in [-0.25, -0.2) is 0 Å². The van der Waals surface area contributed by atoms with Crippen LogP contribution in [-0.4, -0.2) is 75.5 Å². The lowest BCUT2D eigenvalue weighted by atomic mass is 10.1. The number of carboxylic acid groups (broad SMARTS) is 1. The fourth-order valence-corrected chi connectivity index (χ4v) is 5.95. The van der Waals surface area contributed by atoms with Gasteiger partial charge in [0, 0.05) is 19.3 Å². The third-order valence-electron chi connectivity index (χ3n) is 9.36. The van der Waals surface area contributed by atoms with Crippen LogP contribution in [0, 0.1) is 0 Å². The van der Waals surface area contributed by atoms with Gasteiger partial charge in [-0.15, -0.1) is 0 Å². The van der Waals surface area contributed by atoms with Gasteiger partial charge in [-0.05, 0) is 64.2 Å². The van der Waals surface area contributed by atoms with E-state index < -0.39 is 18.1 Å². The topological polar surface area (TPSA) is 102 Å². The lowest BCUT2D eigenvalue weighted by Crippen LogP contribution is -2.55. The first-order chi connectivity index (χ1) is 27.1. The minimum atomic E-state index is -1.13. The average molecular weight is 784 g/mol. The monoisotopic (exact) mass is 784 g/mol. The standard InChI is InChI=1S/C48H81NO7/c1-6-8-10-12-14-16-18-19-20-21-22-23-24-25-26-27-29-30-32-34-36-38-46(50)55-43-44(42-54-41-40-45(48(52)53)49(3,4)5)56-47(51)39-37-35-33-31-28-17-15-13-11-9-7-2/h8,10,14,16,19-20,22-23,25-26,29-30,44-45H,6-7,9,11-13,15,17-18,21,24,27-28,31-43H2,1-5H3/b10-8+,16-14+,20-19+,23-22+,26-25+,30-29+. The number of carbonyl (C=O) groups excluding carboxylic acids is 3. The molecule has 0 aromatic rings. The van der Waals surface area contributed by atoms with Crippen LogP contribution in [0.2, 0.25) is 0 Å². The molecule has 0 aliphatic rings. The lowest BCUT2D eigenvalue weighted by molar-refractivity contribution is -0.889. The third kappa shape index (κ3) is 36.4. The second-order valence-corrected chi connectivity index (χ2v) is 15.6. The van der Waals surface area contributed by atoms with Gasteiger partial charge in [0.15, 0.2) is 6.10 Å². The Labute approximate surface area is 342 Å². The number of unbranched alkanes of at least 4 members (excludes halogenated alkanes) is 12. The van der Waals surface area contributed by atoms with Crippen molar-refractivity contribution in [3.05, 3.63) is 72.9 Å². The molecule has 0 heterocycles. The SMILES string of the molecule is CC/C=C/C/C=C/C/C=C/C/C=C/C/C=C/C/C=C/CCCCC(=O)OCC(COCCC(C(=O)[O-])[N+](C)(C)C)OC(=O)CCCCCCCCCCCCC. The van der Waals surface area contributed by atoms with Gasteiger partial charge in [0.05, 0.1) is 40.3 Å². The smallest absolute Gasteiger partial charge is 0.306 e. The molecule has 0 amide bonds. The van der Waals surface area contributed by atoms with Crippen LogP contribution < -0.4 is 5.11 Å². The molecule has 0 fully saturated rings. The van der Waals surface area contributed by atoms with Crippen LogP contribution in [0.5, 0.6) is 0 Å². The molecule has 0 aliphatic carbocycles. The van der Waals surface area contributed by atoms with Crippen molar-refractivity contribution in [1.29, 1.82) is 0 Å². The van der Waals surface area contributed by atoms with E-state index in [9.17, 15) is 19.5 Å². The third-order valence-corrected chi connectivity index (χ3v) is 9.36. The molecular formula is C48H81NO7. The van der Waals surface area contributed by atoms with Crippen LogP contribution in [0.25, 0.3) is 0 Å². The summed E-state index contributed by atoms with van der Waals surface area (Å²) < 4.78 is 17.1. The molecule has 8 heteroatoms. The molecule has 0 N–H and O–H groups in total. The number of carbonyl (C=O) groups is 3. The number of hydrogen-bond donors (Lipinski definition) is 0. The summed E-state index contributed by atoms with van der Waals surface area (Å²) in [5.74, 6) is -1.80. The van der Waals surface area contributed by atoms with Crippen molar-refractivity contribution in [3.63, 3.8) is 0 Å². The lowest BCUT2D eigenvalue weighted by Gasteiger charge is -2.34. The fourth-order valence-electron chi connectivity index (χ4n) is 5.95. The zero-order valence-electron chi connectivity index (χ0n) is 36.3. The van der Waals surface area contributed by atoms with Crippen molar-refractivity contribution in [2.75, 3.05) is 41.0 Å². The van der Waals surface area contributed by atoms with E-state index in [1.54, 1.807) is 21.1 Å². The molecular weight excluding hydrogens is 703 g/mol. The number of ether oxygens (including phenoxy) is 3. The van der Waals surface area contributed by atoms with Gasteiger partial charge in [0.2, 0.25) is 0 Å². The number of likely N-dealkylation sites (N-methyl/N-ethyl adjacent to an activating group) is 1. The summed E-state index contributed by atoms with van der Waals surface area (Å²) >= 11 is 0. The molecule has 0 spiro atoms. The molecule has 0 bridgehead atoms. The van der Waals surface area contributed by atoms with Crippen LogP contribution in [-0.2, 0) is 28.6 Å². The van der Waals surface area contributed by atoms with Crippen LogP contribution in [0.3, 0.4) is 0 Å². The van der Waals surface area contributed by atoms with Gasteiger partial charge < -0.3 is 28.6 Å².